The van der Waals surface area contributed by atoms with Gasteiger partial charge in [-0.05, 0) is 19.1 Å². The van der Waals surface area contributed by atoms with Crippen molar-refractivity contribution in [2.45, 2.75) is 13.8 Å². The van der Waals surface area contributed by atoms with Gasteiger partial charge in [0.2, 0.25) is 0 Å². The number of phenolic OH excluding ortho intramolecular Hbond substituents is 1. The number of hydrogen-bond donors (Lipinski definition) is 2. The Balaban J connectivity index is 2.56. The Labute approximate surface area is 117 Å². The van der Waals surface area contributed by atoms with E-state index in [1.807, 2.05) is 0 Å². The molecule has 0 aliphatic rings. The van der Waals surface area contributed by atoms with E-state index in [-0.39, 0.29) is 30.6 Å². The molecule has 1 amide bonds. The predicted molar refractivity (Wildman–Crippen MR) is 72.7 cm³/mol. The lowest BCUT2D eigenvalue weighted by Gasteiger charge is -2.23. The van der Waals surface area contributed by atoms with Crippen LogP contribution in [0.5, 0.6) is 11.5 Å². The minimum atomic E-state index is -0.946. The molecule has 0 aliphatic heterocycles. The Kier molecular flexibility index (Phi) is 5.83. The second-order valence-corrected chi connectivity index (χ2v) is 4.43. The first-order valence-corrected chi connectivity index (χ1v) is 6.37. The SMILES string of the molecule is CCN(CC(C)C(=O)O)C(=O)COc1ccccc1O. The number of nitrogens with zero attached hydrogens (tertiary/aromatic N) is 1. The van der Waals surface area contributed by atoms with Crippen LogP contribution in [0, 0.1) is 5.92 Å². The van der Waals surface area contributed by atoms with Crippen LogP contribution < -0.4 is 4.74 Å². The second kappa shape index (κ2) is 7.37. The van der Waals surface area contributed by atoms with Gasteiger partial charge in [0.15, 0.2) is 18.1 Å². The van der Waals surface area contributed by atoms with Gasteiger partial charge in [-0.15, -0.1) is 0 Å². The van der Waals surface area contributed by atoms with E-state index in [1.165, 1.54) is 11.0 Å². The van der Waals surface area contributed by atoms with Gasteiger partial charge in [0, 0.05) is 13.1 Å². The summed E-state index contributed by atoms with van der Waals surface area (Å²) in [6.07, 6.45) is 0. The van der Waals surface area contributed by atoms with E-state index in [9.17, 15) is 14.7 Å². The maximum absolute atomic E-state index is 11.9. The number of carboxylic acid groups (broad SMARTS) is 1. The molecule has 0 saturated carbocycles. The standard InChI is InChI=1S/C14H19NO5/c1-3-15(8-10(2)14(18)19)13(17)9-20-12-7-5-4-6-11(12)16/h4-7,10,16H,3,8-9H2,1-2H3,(H,18,19). The van der Waals surface area contributed by atoms with Gasteiger partial charge in [-0.1, -0.05) is 19.1 Å². The van der Waals surface area contributed by atoms with E-state index >= 15 is 0 Å². The Morgan fingerprint density at radius 3 is 2.55 bits per heavy atom. The highest BCUT2D eigenvalue weighted by atomic mass is 16.5. The maximum atomic E-state index is 11.9. The zero-order valence-electron chi connectivity index (χ0n) is 11.6. The largest absolute Gasteiger partial charge is 0.504 e. The summed E-state index contributed by atoms with van der Waals surface area (Å²) in [5.41, 5.74) is 0. The number of para-hydroxylation sites is 2. The summed E-state index contributed by atoms with van der Waals surface area (Å²) in [4.78, 5) is 24.2. The second-order valence-electron chi connectivity index (χ2n) is 4.43. The van der Waals surface area contributed by atoms with Crippen LogP contribution >= 0.6 is 0 Å². The van der Waals surface area contributed by atoms with Crippen LogP contribution in [0.15, 0.2) is 24.3 Å². The summed E-state index contributed by atoms with van der Waals surface area (Å²) in [5.74, 6) is -1.71. The molecule has 1 unspecified atom stereocenters. The van der Waals surface area contributed by atoms with Crippen LogP contribution in [0.4, 0.5) is 0 Å². The van der Waals surface area contributed by atoms with Crippen molar-refractivity contribution >= 4 is 11.9 Å². The fraction of sp³-hybridized carbons (Fsp3) is 0.429. The Hall–Kier alpha value is -2.24. The minimum absolute atomic E-state index is 0.0396. The number of benzene rings is 1. The molecular weight excluding hydrogens is 262 g/mol. The topological polar surface area (TPSA) is 87.1 Å². The number of phenols is 1. The van der Waals surface area contributed by atoms with Crippen LogP contribution in [-0.4, -0.2) is 46.7 Å². The van der Waals surface area contributed by atoms with Gasteiger partial charge in [-0.25, -0.2) is 0 Å². The average molecular weight is 281 g/mol. The van der Waals surface area contributed by atoms with Gasteiger partial charge >= 0.3 is 5.97 Å². The van der Waals surface area contributed by atoms with Crippen molar-refractivity contribution in [1.29, 1.82) is 0 Å². The summed E-state index contributed by atoms with van der Waals surface area (Å²) in [5, 5.41) is 18.4. The van der Waals surface area contributed by atoms with Crippen LogP contribution in [0.2, 0.25) is 0 Å². The van der Waals surface area contributed by atoms with Crippen molar-refractivity contribution in [3.8, 4) is 11.5 Å². The van der Waals surface area contributed by atoms with Crippen LogP contribution in [0.25, 0.3) is 0 Å². The zero-order valence-corrected chi connectivity index (χ0v) is 11.6. The third kappa shape index (κ3) is 4.46. The lowest BCUT2D eigenvalue weighted by atomic mass is 10.1. The molecule has 0 radical (unpaired) electrons. The number of ether oxygens (including phenoxy) is 1. The minimum Gasteiger partial charge on any atom is -0.504 e. The van der Waals surface area contributed by atoms with Gasteiger partial charge in [0.05, 0.1) is 5.92 Å². The molecule has 0 heterocycles. The molecule has 1 aromatic rings. The summed E-state index contributed by atoms with van der Waals surface area (Å²) in [6.45, 7) is 3.61. The van der Waals surface area contributed by atoms with Gasteiger partial charge in [-0.2, -0.15) is 0 Å². The third-order valence-electron chi connectivity index (χ3n) is 2.87. The number of carbonyl (C=O) groups excluding carboxylic acids is 1. The molecule has 1 aromatic carbocycles. The van der Waals surface area contributed by atoms with Crippen LogP contribution in [0.1, 0.15) is 13.8 Å². The molecule has 6 heteroatoms. The molecule has 110 valence electrons. The van der Waals surface area contributed by atoms with E-state index in [2.05, 4.69) is 0 Å². The lowest BCUT2D eigenvalue weighted by Crippen LogP contribution is -2.39. The highest BCUT2D eigenvalue weighted by Gasteiger charge is 2.19. The van der Waals surface area contributed by atoms with Crippen molar-refractivity contribution < 1.29 is 24.5 Å². The molecule has 0 aromatic heterocycles. The first-order chi connectivity index (χ1) is 9.45. The van der Waals surface area contributed by atoms with E-state index in [1.54, 1.807) is 32.0 Å². The van der Waals surface area contributed by atoms with E-state index in [0.29, 0.717) is 6.54 Å². The molecule has 0 spiro atoms. The molecule has 6 nitrogen and oxygen atoms in total. The molecule has 20 heavy (non-hydrogen) atoms. The normalized spacial score (nSPS) is 11.7. The average Bonchev–Trinajstić information content (AvgIpc) is 2.43. The Bertz CT molecular complexity index is 474. The van der Waals surface area contributed by atoms with Crippen LogP contribution in [0.3, 0.4) is 0 Å². The lowest BCUT2D eigenvalue weighted by molar-refractivity contribution is -0.143. The number of amides is 1. The fourth-order valence-corrected chi connectivity index (χ4v) is 1.63. The van der Waals surface area contributed by atoms with Crippen molar-refractivity contribution in [1.82, 2.24) is 4.90 Å². The number of aliphatic carboxylic acids is 1. The number of rotatable bonds is 7. The first-order valence-electron chi connectivity index (χ1n) is 6.37. The smallest absolute Gasteiger partial charge is 0.308 e. The predicted octanol–water partition coefficient (Wildman–Crippen LogP) is 1.34. The van der Waals surface area contributed by atoms with Crippen LogP contribution in [-0.2, 0) is 9.59 Å². The van der Waals surface area contributed by atoms with Crippen molar-refractivity contribution in [2.24, 2.45) is 5.92 Å². The maximum Gasteiger partial charge on any atom is 0.308 e. The highest BCUT2D eigenvalue weighted by Crippen LogP contribution is 2.24. The van der Waals surface area contributed by atoms with Gasteiger partial charge in [-0.3, -0.25) is 9.59 Å². The molecule has 0 fully saturated rings. The molecule has 1 atom stereocenters. The summed E-state index contributed by atoms with van der Waals surface area (Å²) < 4.78 is 5.23. The van der Waals surface area contributed by atoms with Crippen molar-refractivity contribution in [3.63, 3.8) is 0 Å². The van der Waals surface area contributed by atoms with Crippen molar-refractivity contribution in [2.75, 3.05) is 19.7 Å². The van der Waals surface area contributed by atoms with Gasteiger partial charge in [0.25, 0.3) is 5.91 Å². The molecule has 0 bridgehead atoms. The molecule has 0 aliphatic carbocycles. The quantitative estimate of drug-likeness (QED) is 0.787. The summed E-state index contributed by atoms with van der Waals surface area (Å²) >= 11 is 0. The van der Waals surface area contributed by atoms with Gasteiger partial charge < -0.3 is 19.8 Å². The Morgan fingerprint density at radius 2 is 2.00 bits per heavy atom. The fourth-order valence-electron chi connectivity index (χ4n) is 1.63. The molecule has 0 saturated heterocycles. The molecular formula is C14H19NO5. The number of hydrogen-bond acceptors (Lipinski definition) is 4. The number of carboxylic acids is 1. The molecule has 1 rings (SSSR count). The highest BCUT2D eigenvalue weighted by molar-refractivity contribution is 5.79. The zero-order chi connectivity index (χ0) is 15.1. The number of aromatic hydroxyl groups is 1. The van der Waals surface area contributed by atoms with E-state index < -0.39 is 11.9 Å². The molecule has 2 N–H and O–H groups in total. The number of likely N-dealkylation sites (N-methyl/N-ethyl adjacent to an activating group) is 1. The third-order valence-corrected chi connectivity index (χ3v) is 2.87. The Morgan fingerprint density at radius 1 is 1.35 bits per heavy atom. The summed E-state index contributed by atoms with van der Waals surface area (Å²) in [6, 6.07) is 6.35. The van der Waals surface area contributed by atoms with E-state index in [4.69, 9.17) is 9.84 Å². The summed E-state index contributed by atoms with van der Waals surface area (Å²) in [7, 11) is 0. The van der Waals surface area contributed by atoms with Crippen molar-refractivity contribution in [3.05, 3.63) is 24.3 Å². The monoisotopic (exact) mass is 281 g/mol. The first kappa shape index (κ1) is 15.8. The number of carbonyl (C=O) groups is 2. The van der Waals surface area contributed by atoms with Gasteiger partial charge in [0.1, 0.15) is 0 Å². The van der Waals surface area contributed by atoms with E-state index in [0.717, 1.165) is 0 Å².